The molecule has 0 saturated carbocycles. The third-order valence-corrected chi connectivity index (χ3v) is 6.69. The van der Waals surface area contributed by atoms with Crippen LogP contribution in [0.1, 0.15) is 43.6 Å². The smallest absolute Gasteiger partial charge is 0.411 e. The van der Waals surface area contributed by atoms with E-state index in [1.807, 2.05) is 24.4 Å². The van der Waals surface area contributed by atoms with E-state index in [9.17, 15) is 9.59 Å². The van der Waals surface area contributed by atoms with Crippen LogP contribution in [0.4, 0.5) is 21.9 Å². The van der Waals surface area contributed by atoms with Gasteiger partial charge in [0.25, 0.3) is 5.91 Å². The first-order valence-corrected chi connectivity index (χ1v) is 13.4. The number of ether oxygens (including phenoxy) is 1. The largest absolute Gasteiger partial charge is 0.447 e. The lowest BCUT2D eigenvalue weighted by atomic mass is 10.1. The summed E-state index contributed by atoms with van der Waals surface area (Å²) < 4.78 is 5.14. The maximum atomic E-state index is 12.9. The highest BCUT2D eigenvalue weighted by atomic mass is 16.6. The second-order valence-corrected chi connectivity index (χ2v) is 10.3. The normalized spacial score (nSPS) is 14.4. The van der Waals surface area contributed by atoms with Crippen molar-refractivity contribution in [3.05, 3.63) is 71.9 Å². The molecule has 0 radical (unpaired) electrons. The number of pyridine rings is 1. The van der Waals surface area contributed by atoms with Crippen molar-refractivity contribution < 1.29 is 14.3 Å². The Morgan fingerprint density at radius 3 is 2.18 bits per heavy atom. The van der Waals surface area contributed by atoms with Gasteiger partial charge in [-0.05, 0) is 63.6 Å². The first-order chi connectivity index (χ1) is 18.7. The number of anilines is 3. The topological polar surface area (TPSA) is 113 Å². The number of rotatable bonds is 8. The number of aromatic nitrogens is 1. The third kappa shape index (κ3) is 7.55. The molecular formula is C30H38N6O3. The van der Waals surface area contributed by atoms with Crippen LogP contribution in [0.5, 0.6) is 0 Å². The summed E-state index contributed by atoms with van der Waals surface area (Å²) in [5.74, 6) is -0.304. The van der Waals surface area contributed by atoms with E-state index < -0.39 is 6.09 Å². The van der Waals surface area contributed by atoms with Crippen LogP contribution in [0.25, 0.3) is 11.3 Å². The van der Waals surface area contributed by atoms with Crippen LogP contribution in [0.3, 0.4) is 0 Å². The summed E-state index contributed by atoms with van der Waals surface area (Å²) in [5, 5.41) is 5.52. The minimum atomic E-state index is -0.583. The zero-order valence-corrected chi connectivity index (χ0v) is 23.1. The van der Waals surface area contributed by atoms with Crippen molar-refractivity contribution in [1.29, 1.82) is 0 Å². The van der Waals surface area contributed by atoms with Crippen molar-refractivity contribution in [1.82, 2.24) is 14.8 Å². The maximum Gasteiger partial charge on any atom is 0.411 e. The monoisotopic (exact) mass is 530 g/mol. The van der Waals surface area contributed by atoms with E-state index in [-0.39, 0.29) is 12.0 Å². The Balaban J connectivity index is 1.38. The number of hydrogen-bond donors (Lipinski definition) is 3. The molecule has 2 amide bonds. The van der Waals surface area contributed by atoms with Gasteiger partial charge in [-0.3, -0.25) is 24.9 Å². The fourth-order valence-corrected chi connectivity index (χ4v) is 4.58. The fraction of sp³-hybridized carbons (Fsp3) is 0.367. The fourth-order valence-electron chi connectivity index (χ4n) is 4.58. The van der Waals surface area contributed by atoms with Crippen molar-refractivity contribution in [3.8, 4) is 11.3 Å². The molecule has 0 atom stereocenters. The van der Waals surface area contributed by atoms with Gasteiger partial charge in [-0.25, -0.2) is 4.79 Å². The summed E-state index contributed by atoms with van der Waals surface area (Å²) >= 11 is 0. The lowest BCUT2D eigenvalue weighted by molar-refractivity contribution is 0.102. The SMILES string of the molecule is CC(C)OC(=O)Nc1ccccc1NC(=O)c1ccc(-c2ncc(CN3CCN(C(C)C)CC3)cc2N)cc1. The van der Waals surface area contributed by atoms with Crippen molar-refractivity contribution >= 4 is 29.1 Å². The van der Waals surface area contributed by atoms with Crippen LogP contribution in [-0.4, -0.2) is 65.1 Å². The Bertz CT molecular complexity index is 1280. The molecule has 39 heavy (non-hydrogen) atoms. The first-order valence-electron chi connectivity index (χ1n) is 13.4. The van der Waals surface area contributed by atoms with Gasteiger partial charge in [0.15, 0.2) is 0 Å². The number of nitrogens with one attached hydrogen (secondary N) is 2. The van der Waals surface area contributed by atoms with Gasteiger partial charge in [0, 0.05) is 56.1 Å². The molecular weight excluding hydrogens is 492 g/mol. The van der Waals surface area contributed by atoms with Crippen LogP contribution in [0.2, 0.25) is 0 Å². The zero-order chi connectivity index (χ0) is 27.9. The molecule has 4 N–H and O–H groups in total. The Kier molecular flexibility index (Phi) is 9.16. The Hall–Kier alpha value is -3.95. The molecule has 4 rings (SSSR count). The highest BCUT2D eigenvalue weighted by molar-refractivity contribution is 6.07. The molecule has 3 aromatic rings. The standard InChI is InChI=1S/C30H38N6O3/c1-20(2)36-15-13-35(14-16-36)19-22-17-25(31)28(32-18-22)23-9-11-24(12-10-23)29(37)33-26-7-5-6-8-27(26)34-30(38)39-21(3)4/h5-12,17-18,20-21H,13-16,19,31H2,1-4H3,(H,33,37)(H,34,38). The maximum absolute atomic E-state index is 12.9. The molecule has 9 nitrogen and oxygen atoms in total. The van der Waals surface area contributed by atoms with E-state index in [0.717, 1.165) is 43.9 Å². The van der Waals surface area contributed by atoms with Gasteiger partial charge in [0.05, 0.1) is 28.9 Å². The Labute approximate surface area is 230 Å². The number of benzene rings is 2. The van der Waals surface area contributed by atoms with Crippen LogP contribution in [-0.2, 0) is 11.3 Å². The molecule has 1 aliphatic rings. The van der Waals surface area contributed by atoms with Gasteiger partial charge < -0.3 is 15.8 Å². The van der Waals surface area contributed by atoms with Crippen molar-refractivity contribution in [3.63, 3.8) is 0 Å². The third-order valence-electron chi connectivity index (χ3n) is 6.69. The van der Waals surface area contributed by atoms with Gasteiger partial charge in [0.1, 0.15) is 0 Å². The number of carbonyl (C=O) groups is 2. The second-order valence-electron chi connectivity index (χ2n) is 10.3. The lowest BCUT2D eigenvalue weighted by Crippen LogP contribution is -2.48. The molecule has 0 aliphatic carbocycles. The van der Waals surface area contributed by atoms with Crippen molar-refractivity contribution in [2.45, 2.75) is 46.4 Å². The highest BCUT2D eigenvalue weighted by Crippen LogP contribution is 2.26. The Morgan fingerprint density at radius 2 is 1.59 bits per heavy atom. The van der Waals surface area contributed by atoms with Gasteiger partial charge in [0.2, 0.25) is 0 Å². The number of carbonyl (C=O) groups excluding carboxylic acids is 2. The molecule has 0 unspecified atom stereocenters. The van der Waals surface area contributed by atoms with Crippen LogP contribution < -0.4 is 16.4 Å². The molecule has 2 heterocycles. The second kappa shape index (κ2) is 12.7. The van der Waals surface area contributed by atoms with Crippen LogP contribution >= 0.6 is 0 Å². The van der Waals surface area contributed by atoms with E-state index in [2.05, 4.69) is 39.3 Å². The minimum absolute atomic E-state index is 0.254. The van der Waals surface area contributed by atoms with E-state index in [1.54, 1.807) is 50.2 Å². The Morgan fingerprint density at radius 1 is 0.949 bits per heavy atom. The molecule has 0 spiro atoms. The van der Waals surface area contributed by atoms with Crippen LogP contribution in [0.15, 0.2) is 60.8 Å². The summed E-state index contributed by atoms with van der Waals surface area (Å²) in [6.45, 7) is 13.1. The van der Waals surface area contributed by atoms with Gasteiger partial charge in [-0.15, -0.1) is 0 Å². The highest BCUT2D eigenvalue weighted by Gasteiger charge is 2.19. The van der Waals surface area contributed by atoms with Crippen molar-refractivity contribution in [2.75, 3.05) is 42.5 Å². The number of nitrogens with zero attached hydrogens (tertiary/aromatic N) is 3. The van der Waals surface area contributed by atoms with Gasteiger partial charge >= 0.3 is 6.09 Å². The van der Waals surface area contributed by atoms with E-state index in [0.29, 0.717) is 34.4 Å². The predicted molar refractivity (Wildman–Crippen MR) is 156 cm³/mol. The summed E-state index contributed by atoms with van der Waals surface area (Å²) in [4.78, 5) is 34.5. The summed E-state index contributed by atoms with van der Waals surface area (Å²) in [6.07, 6.45) is 1.05. The van der Waals surface area contributed by atoms with E-state index >= 15 is 0 Å². The van der Waals surface area contributed by atoms with Crippen molar-refractivity contribution in [2.24, 2.45) is 0 Å². The molecule has 1 aromatic heterocycles. The lowest BCUT2D eigenvalue weighted by Gasteiger charge is -2.36. The number of piperazine rings is 1. The molecule has 1 saturated heterocycles. The quantitative estimate of drug-likeness (QED) is 0.373. The number of amides is 2. The average molecular weight is 531 g/mol. The number of nitrogens with two attached hydrogens (primary N) is 1. The zero-order valence-electron chi connectivity index (χ0n) is 23.1. The number of nitrogen functional groups attached to an aromatic ring is 1. The van der Waals surface area contributed by atoms with Gasteiger partial charge in [-0.1, -0.05) is 24.3 Å². The molecule has 9 heteroatoms. The summed E-state index contributed by atoms with van der Waals surface area (Å²) in [6, 6.07) is 16.7. The van der Waals surface area contributed by atoms with Gasteiger partial charge in [-0.2, -0.15) is 0 Å². The summed E-state index contributed by atoms with van der Waals surface area (Å²) in [7, 11) is 0. The predicted octanol–water partition coefficient (Wildman–Crippen LogP) is 5.07. The minimum Gasteiger partial charge on any atom is -0.447 e. The molecule has 206 valence electrons. The molecule has 1 aliphatic heterocycles. The molecule has 0 bridgehead atoms. The van der Waals surface area contributed by atoms with Crippen LogP contribution in [0, 0.1) is 0 Å². The van der Waals surface area contributed by atoms with E-state index in [4.69, 9.17) is 10.5 Å². The first kappa shape index (κ1) is 28.1. The van der Waals surface area contributed by atoms with E-state index in [1.165, 1.54) is 0 Å². The molecule has 1 fully saturated rings. The number of para-hydroxylation sites is 2. The summed E-state index contributed by atoms with van der Waals surface area (Å²) in [5.41, 5.74) is 11.0. The molecule has 2 aromatic carbocycles. The average Bonchev–Trinajstić information content (AvgIpc) is 2.90. The number of hydrogen-bond acceptors (Lipinski definition) is 7.